The summed E-state index contributed by atoms with van der Waals surface area (Å²) in [7, 11) is 0. The standard InChI is InChI=1S/C14H20N4O2/c19-6-5-17-8-11-1-4-18(10-12(11)9-17)14(20)13-7-15-2-3-16-13/h2-3,7,11-12,19H,1,4-6,8-10H2/t11-,12-/m0/s1. The highest BCUT2D eigenvalue weighted by atomic mass is 16.3. The molecule has 0 aliphatic carbocycles. The monoisotopic (exact) mass is 276 g/mol. The van der Waals surface area contributed by atoms with Gasteiger partial charge in [0.2, 0.25) is 0 Å². The molecule has 1 N–H and O–H groups in total. The number of aromatic nitrogens is 2. The van der Waals surface area contributed by atoms with Crippen molar-refractivity contribution in [2.24, 2.45) is 11.8 Å². The summed E-state index contributed by atoms with van der Waals surface area (Å²) in [4.78, 5) is 24.6. The van der Waals surface area contributed by atoms with Crippen LogP contribution in [-0.2, 0) is 0 Å². The molecule has 6 heteroatoms. The van der Waals surface area contributed by atoms with Crippen molar-refractivity contribution in [1.29, 1.82) is 0 Å². The van der Waals surface area contributed by atoms with Crippen LogP contribution in [0.5, 0.6) is 0 Å². The van der Waals surface area contributed by atoms with Crippen molar-refractivity contribution in [3.63, 3.8) is 0 Å². The first-order valence-electron chi connectivity index (χ1n) is 7.16. The van der Waals surface area contributed by atoms with E-state index in [0.717, 1.165) is 39.1 Å². The van der Waals surface area contributed by atoms with E-state index in [1.54, 1.807) is 12.4 Å². The summed E-state index contributed by atoms with van der Waals surface area (Å²) >= 11 is 0. The molecule has 2 fully saturated rings. The Morgan fingerprint density at radius 1 is 1.30 bits per heavy atom. The number of carbonyl (C=O) groups excluding carboxylic acids is 1. The zero-order chi connectivity index (χ0) is 13.9. The normalized spacial score (nSPS) is 26.6. The lowest BCUT2D eigenvalue weighted by molar-refractivity contribution is 0.0635. The van der Waals surface area contributed by atoms with Crippen LogP contribution in [-0.4, -0.2) is 70.1 Å². The molecule has 0 aromatic carbocycles. The van der Waals surface area contributed by atoms with Gasteiger partial charge in [0, 0.05) is 45.1 Å². The van der Waals surface area contributed by atoms with Gasteiger partial charge in [0.15, 0.2) is 0 Å². The Morgan fingerprint density at radius 3 is 2.90 bits per heavy atom. The number of piperidine rings is 1. The van der Waals surface area contributed by atoms with Crippen LogP contribution in [0.15, 0.2) is 18.6 Å². The van der Waals surface area contributed by atoms with Crippen molar-refractivity contribution in [2.45, 2.75) is 6.42 Å². The number of rotatable bonds is 3. The first-order valence-corrected chi connectivity index (χ1v) is 7.16. The lowest BCUT2D eigenvalue weighted by Crippen LogP contribution is -2.43. The molecule has 0 radical (unpaired) electrons. The van der Waals surface area contributed by atoms with Gasteiger partial charge >= 0.3 is 0 Å². The number of hydrogen-bond donors (Lipinski definition) is 1. The maximum Gasteiger partial charge on any atom is 0.274 e. The fourth-order valence-electron chi connectivity index (χ4n) is 3.35. The number of aliphatic hydroxyl groups is 1. The second kappa shape index (κ2) is 5.85. The predicted molar refractivity (Wildman–Crippen MR) is 73.1 cm³/mol. The molecule has 2 saturated heterocycles. The van der Waals surface area contributed by atoms with Crippen molar-refractivity contribution in [2.75, 3.05) is 39.3 Å². The van der Waals surface area contributed by atoms with Gasteiger partial charge in [-0.05, 0) is 18.3 Å². The van der Waals surface area contributed by atoms with E-state index in [1.165, 1.54) is 6.20 Å². The third kappa shape index (κ3) is 2.66. The van der Waals surface area contributed by atoms with Crippen LogP contribution in [0.1, 0.15) is 16.9 Å². The fourth-order valence-corrected chi connectivity index (χ4v) is 3.35. The Balaban J connectivity index is 1.63. The first kappa shape index (κ1) is 13.5. The van der Waals surface area contributed by atoms with Crippen LogP contribution in [0, 0.1) is 11.8 Å². The van der Waals surface area contributed by atoms with Gasteiger partial charge in [0.05, 0.1) is 12.8 Å². The topological polar surface area (TPSA) is 69.6 Å². The van der Waals surface area contributed by atoms with E-state index in [9.17, 15) is 4.79 Å². The minimum absolute atomic E-state index is 0.0165. The molecule has 0 saturated carbocycles. The molecule has 108 valence electrons. The molecule has 0 spiro atoms. The van der Waals surface area contributed by atoms with Crippen LogP contribution < -0.4 is 0 Å². The molecule has 6 nitrogen and oxygen atoms in total. The molecule has 1 aromatic heterocycles. The molecule has 3 heterocycles. The molecule has 0 unspecified atom stereocenters. The Kier molecular flexibility index (Phi) is 3.93. The van der Waals surface area contributed by atoms with Gasteiger partial charge < -0.3 is 14.9 Å². The van der Waals surface area contributed by atoms with Gasteiger partial charge in [-0.1, -0.05) is 0 Å². The van der Waals surface area contributed by atoms with E-state index in [4.69, 9.17) is 5.11 Å². The molecule has 1 amide bonds. The van der Waals surface area contributed by atoms with Gasteiger partial charge in [-0.3, -0.25) is 9.78 Å². The van der Waals surface area contributed by atoms with Crippen LogP contribution >= 0.6 is 0 Å². The summed E-state index contributed by atoms with van der Waals surface area (Å²) in [5, 5.41) is 9.03. The Morgan fingerprint density at radius 2 is 2.15 bits per heavy atom. The minimum Gasteiger partial charge on any atom is -0.395 e. The van der Waals surface area contributed by atoms with Crippen molar-refractivity contribution < 1.29 is 9.90 Å². The minimum atomic E-state index is -0.0165. The maximum absolute atomic E-state index is 12.4. The molecular weight excluding hydrogens is 256 g/mol. The third-order valence-electron chi connectivity index (χ3n) is 4.36. The molecule has 0 bridgehead atoms. The second-order valence-corrected chi connectivity index (χ2v) is 5.63. The molecule has 2 aliphatic heterocycles. The maximum atomic E-state index is 12.4. The van der Waals surface area contributed by atoms with Crippen molar-refractivity contribution in [1.82, 2.24) is 19.8 Å². The number of fused-ring (bicyclic) bond motifs is 1. The van der Waals surface area contributed by atoms with Crippen LogP contribution in [0.25, 0.3) is 0 Å². The van der Waals surface area contributed by atoms with E-state index in [-0.39, 0.29) is 12.5 Å². The largest absolute Gasteiger partial charge is 0.395 e. The van der Waals surface area contributed by atoms with Gasteiger partial charge in [-0.25, -0.2) is 4.98 Å². The summed E-state index contributed by atoms with van der Waals surface area (Å²) in [6.45, 7) is 4.58. The number of hydrogen-bond acceptors (Lipinski definition) is 5. The quantitative estimate of drug-likeness (QED) is 0.832. The Labute approximate surface area is 118 Å². The van der Waals surface area contributed by atoms with Crippen molar-refractivity contribution in [3.05, 3.63) is 24.3 Å². The van der Waals surface area contributed by atoms with Crippen molar-refractivity contribution >= 4 is 5.91 Å². The Hall–Kier alpha value is -1.53. The number of nitrogens with zero attached hydrogens (tertiary/aromatic N) is 4. The lowest BCUT2D eigenvalue weighted by Gasteiger charge is -2.34. The SMILES string of the molecule is O=C(c1cnccn1)N1CC[C@H]2CN(CCO)C[C@H]2C1. The summed E-state index contributed by atoms with van der Waals surface area (Å²) in [6, 6.07) is 0. The molecule has 3 rings (SSSR count). The molecule has 2 atom stereocenters. The van der Waals surface area contributed by atoms with Crippen LogP contribution in [0.4, 0.5) is 0 Å². The van der Waals surface area contributed by atoms with E-state index in [2.05, 4.69) is 14.9 Å². The van der Waals surface area contributed by atoms with Gasteiger partial charge in [-0.15, -0.1) is 0 Å². The van der Waals surface area contributed by atoms with E-state index in [1.807, 2.05) is 4.90 Å². The van der Waals surface area contributed by atoms with Crippen molar-refractivity contribution in [3.8, 4) is 0 Å². The van der Waals surface area contributed by atoms with E-state index in [0.29, 0.717) is 17.5 Å². The molecule has 20 heavy (non-hydrogen) atoms. The van der Waals surface area contributed by atoms with Gasteiger partial charge in [-0.2, -0.15) is 0 Å². The van der Waals surface area contributed by atoms with E-state index < -0.39 is 0 Å². The number of β-amino-alcohol motifs (C(OH)–C–C–N with tert-alkyl or cyclic N) is 1. The molecule has 1 aromatic rings. The lowest BCUT2D eigenvalue weighted by atomic mass is 9.88. The summed E-state index contributed by atoms with van der Waals surface area (Å²) < 4.78 is 0. The average molecular weight is 276 g/mol. The zero-order valence-corrected chi connectivity index (χ0v) is 11.5. The summed E-state index contributed by atoms with van der Waals surface area (Å²) in [6.07, 6.45) is 5.70. The number of likely N-dealkylation sites (tertiary alicyclic amines) is 2. The highest BCUT2D eigenvalue weighted by Gasteiger charge is 2.38. The number of amides is 1. The Bertz CT molecular complexity index is 468. The highest BCUT2D eigenvalue weighted by Crippen LogP contribution is 2.31. The molecular formula is C14H20N4O2. The van der Waals surface area contributed by atoms with Gasteiger partial charge in [0.25, 0.3) is 5.91 Å². The van der Waals surface area contributed by atoms with Crippen LogP contribution in [0.3, 0.4) is 0 Å². The number of aliphatic hydroxyl groups excluding tert-OH is 1. The zero-order valence-electron chi connectivity index (χ0n) is 11.5. The average Bonchev–Trinajstić information content (AvgIpc) is 2.89. The number of carbonyl (C=O) groups is 1. The van der Waals surface area contributed by atoms with E-state index >= 15 is 0 Å². The second-order valence-electron chi connectivity index (χ2n) is 5.63. The first-order chi connectivity index (χ1) is 9.78. The molecule has 2 aliphatic rings. The smallest absolute Gasteiger partial charge is 0.274 e. The fraction of sp³-hybridized carbons (Fsp3) is 0.643. The predicted octanol–water partition coefficient (Wildman–Crippen LogP) is -0.137. The summed E-state index contributed by atoms with van der Waals surface area (Å²) in [5.41, 5.74) is 0.427. The summed E-state index contributed by atoms with van der Waals surface area (Å²) in [5.74, 6) is 1.17. The van der Waals surface area contributed by atoms with Gasteiger partial charge in [0.1, 0.15) is 5.69 Å². The third-order valence-corrected chi connectivity index (χ3v) is 4.36. The highest BCUT2D eigenvalue weighted by molar-refractivity contribution is 5.92. The van der Waals surface area contributed by atoms with Crippen LogP contribution in [0.2, 0.25) is 0 Å².